The van der Waals surface area contributed by atoms with E-state index in [0.717, 1.165) is 73.2 Å². The fourth-order valence-corrected chi connectivity index (χ4v) is 4.69. The largest absolute Gasteiger partial charge is 0.497 e. The lowest BCUT2D eigenvalue weighted by molar-refractivity contribution is 0.0626. The minimum Gasteiger partial charge on any atom is -0.497 e. The Morgan fingerprint density at radius 1 is 1.06 bits per heavy atom. The third-order valence-corrected chi connectivity index (χ3v) is 6.62. The van der Waals surface area contributed by atoms with E-state index < -0.39 is 0 Å². The van der Waals surface area contributed by atoms with Crippen molar-refractivity contribution in [1.29, 1.82) is 0 Å². The van der Waals surface area contributed by atoms with Gasteiger partial charge in [-0.3, -0.25) is 14.5 Å². The number of hydrogen-bond acceptors (Lipinski definition) is 5. The first-order valence-electron chi connectivity index (χ1n) is 11.4. The Hall–Kier alpha value is -3.13. The first kappa shape index (κ1) is 20.8. The summed E-state index contributed by atoms with van der Waals surface area (Å²) < 4.78 is 6.87. The lowest BCUT2D eigenvalue weighted by Gasteiger charge is -2.34. The summed E-state index contributed by atoms with van der Waals surface area (Å²) in [6.45, 7) is 4.27. The maximum atomic E-state index is 13.0. The number of rotatable bonds is 5. The van der Waals surface area contributed by atoms with Gasteiger partial charge in [0.15, 0.2) is 0 Å². The van der Waals surface area contributed by atoms with Crippen molar-refractivity contribution in [3.63, 3.8) is 0 Å². The molecule has 5 rings (SSSR count). The monoisotopic (exact) mass is 435 g/mol. The molecule has 1 fully saturated rings. The molecule has 1 aliphatic carbocycles. The molecule has 0 unspecified atom stereocenters. The van der Waals surface area contributed by atoms with Crippen LogP contribution in [0.25, 0.3) is 10.9 Å². The van der Waals surface area contributed by atoms with E-state index in [9.17, 15) is 9.59 Å². The van der Waals surface area contributed by atoms with E-state index in [2.05, 4.69) is 15.0 Å². The zero-order chi connectivity index (χ0) is 22.1. The van der Waals surface area contributed by atoms with Crippen molar-refractivity contribution in [2.75, 3.05) is 39.8 Å². The molecule has 1 aliphatic heterocycles. The van der Waals surface area contributed by atoms with Crippen LogP contribution in [0.3, 0.4) is 0 Å². The zero-order valence-corrected chi connectivity index (χ0v) is 18.5. The van der Waals surface area contributed by atoms with E-state index in [0.29, 0.717) is 25.3 Å². The molecular formula is C24H29N5O3. The van der Waals surface area contributed by atoms with Gasteiger partial charge in [0.05, 0.1) is 19.3 Å². The Morgan fingerprint density at radius 2 is 1.88 bits per heavy atom. The number of amides is 1. The van der Waals surface area contributed by atoms with Crippen molar-refractivity contribution in [3.8, 4) is 5.75 Å². The number of benzene rings is 1. The van der Waals surface area contributed by atoms with Gasteiger partial charge in [-0.25, -0.2) is 4.68 Å². The smallest absolute Gasteiger partial charge is 0.270 e. The summed E-state index contributed by atoms with van der Waals surface area (Å²) in [6, 6.07) is 9.43. The highest BCUT2D eigenvalue weighted by atomic mass is 16.5. The molecule has 32 heavy (non-hydrogen) atoms. The van der Waals surface area contributed by atoms with Crippen LogP contribution in [0.1, 0.15) is 34.6 Å². The number of carbonyl (C=O) groups excluding carboxylic acids is 1. The molecule has 3 aromatic rings. The van der Waals surface area contributed by atoms with Crippen LogP contribution >= 0.6 is 0 Å². The number of aromatic nitrogens is 3. The molecule has 8 nitrogen and oxygen atoms in total. The average molecular weight is 436 g/mol. The van der Waals surface area contributed by atoms with Crippen molar-refractivity contribution >= 4 is 16.8 Å². The Kier molecular flexibility index (Phi) is 5.70. The number of H-pyrrole nitrogens is 1. The van der Waals surface area contributed by atoms with Crippen LogP contribution in [0, 0.1) is 0 Å². The number of methoxy groups -OCH3 is 1. The minimum absolute atomic E-state index is 0.00472. The van der Waals surface area contributed by atoms with Gasteiger partial charge in [0.25, 0.3) is 11.5 Å². The number of aryl methyl sites for hydroxylation is 2. The summed E-state index contributed by atoms with van der Waals surface area (Å²) in [5, 5.41) is 5.61. The Balaban J connectivity index is 1.17. The normalized spacial score (nSPS) is 16.8. The molecule has 1 N–H and O–H groups in total. The SMILES string of the molecule is COc1ccc2cc(C(=O)N3CCN(CCn4nc5c(cc4=O)CCCC5)CC3)[nH]c2c1. The molecule has 8 heteroatoms. The first-order valence-corrected chi connectivity index (χ1v) is 11.4. The highest BCUT2D eigenvalue weighted by Gasteiger charge is 2.23. The van der Waals surface area contributed by atoms with E-state index >= 15 is 0 Å². The second kappa shape index (κ2) is 8.78. The molecule has 1 aromatic carbocycles. The van der Waals surface area contributed by atoms with Gasteiger partial charge >= 0.3 is 0 Å². The predicted octanol–water partition coefficient (Wildman–Crippen LogP) is 2.07. The van der Waals surface area contributed by atoms with Crippen LogP contribution in [-0.2, 0) is 19.4 Å². The number of nitrogens with zero attached hydrogens (tertiary/aromatic N) is 4. The molecule has 168 valence electrons. The molecule has 2 aliphatic rings. The van der Waals surface area contributed by atoms with Gasteiger partial charge in [0.2, 0.25) is 0 Å². The molecule has 1 amide bonds. The van der Waals surface area contributed by atoms with Crippen molar-refractivity contribution in [1.82, 2.24) is 24.6 Å². The molecule has 0 saturated carbocycles. The Bertz CT molecular complexity index is 1190. The number of piperazine rings is 1. The number of carbonyl (C=O) groups is 1. The van der Waals surface area contributed by atoms with Gasteiger partial charge in [-0.05, 0) is 49.4 Å². The van der Waals surface area contributed by atoms with Gasteiger partial charge in [-0.1, -0.05) is 0 Å². The number of fused-ring (bicyclic) bond motifs is 2. The maximum Gasteiger partial charge on any atom is 0.270 e. The molecule has 2 aromatic heterocycles. The topological polar surface area (TPSA) is 83.5 Å². The standard InChI is InChI=1S/C24H29N5O3/c1-32-19-7-6-18-14-22(25-21(18)16-19)24(31)28-11-8-27(9-12-28)10-13-29-23(30)15-17-4-2-3-5-20(17)26-29/h6-7,14-16,25H,2-5,8-13H2,1H3. The highest BCUT2D eigenvalue weighted by molar-refractivity contribution is 5.98. The highest BCUT2D eigenvalue weighted by Crippen LogP contribution is 2.22. The summed E-state index contributed by atoms with van der Waals surface area (Å²) in [5.74, 6) is 0.784. The zero-order valence-electron chi connectivity index (χ0n) is 18.5. The molecule has 0 atom stereocenters. The van der Waals surface area contributed by atoms with Gasteiger partial charge in [0, 0.05) is 55.8 Å². The summed E-state index contributed by atoms with van der Waals surface area (Å²) >= 11 is 0. The van der Waals surface area contributed by atoms with Crippen molar-refractivity contribution < 1.29 is 9.53 Å². The fourth-order valence-electron chi connectivity index (χ4n) is 4.69. The van der Waals surface area contributed by atoms with Crippen LogP contribution in [0.4, 0.5) is 0 Å². The van der Waals surface area contributed by atoms with E-state index in [-0.39, 0.29) is 11.5 Å². The number of hydrogen-bond donors (Lipinski definition) is 1. The van der Waals surface area contributed by atoms with Crippen LogP contribution < -0.4 is 10.3 Å². The second-order valence-electron chi connectivity index (χ2n) is 8.65. The lowest BCUT2D eigenvalue weighted by Crippen LogP contribution is -2.49. The van der Waals surface area contributed by atoms with E-state index in [1.807, 2.05) is 29.2 Å². The molecule has 0 radical (unpaired) electrons. The molecule has 3 heterocycles. The summed E-state index contributed by atoms with van der Waals surface area (Å²) in [7, 11) is 1.63. The van der Waals surface area contributed by atoms with Gasteiger partial charge in [0.1, 0.15) is 11.4 Å². The second-order valence-corrected chi connectivity index (χ2v) is 8.65. The summed E-state index contributed by atoms with van der Waals surface area (Å²) in [6.07, 6.45) is 4.24. The van der Waals surface area contributed by atoms with E-state index in [4.69, 9.17) is 4.74 Å². The van der Waals surface area contributed by atoms with Crippen molar-refractivity contribution in [2.45, 2.75) is 32.2 Å². The van der Waals surface area contributed by atoms with Gasteiger partial charge in [-0.2, -0.15) is 5.10 Å². The quantitative estimate of drug-likeness (QED) is 0.663. The number of ether oxygens (including phenoxy) is 1. The maximum absolute atomic E-state index is 13.0. The third-order valence-electron chi connectivity index (χ3n) is 6.62. The van der Waals surface area contributed by atoms with Crippen LogP contribution in [0.15, 0.2) is 35.1 Å². The van der Waals surface area contributed by atoms with Crippen molar-refractivity contribution in [3.05, 3.63) is 57.6 Å². The van der Waals surface area contributed by atoms with E-state index in [1.54, 1.807) is 17.9 Å². The van der Waals surface area contributed by atoms with E-state index in [1.165, 1.54) is 0 Å². The Morgan fingerprint density at radius 3 is 2.69 bits per heavy atom. The number of nitrogens with one attached hydrogen (secondary N) is 1. The number of aromatic amines is 1. The van der Waals surface area contributed by atoms with Crippen molar-refractivity contribution in [2.24, 2.45) is 0 Å². The average Bonchev–Trinajstić information content (AvgIpc) is 3.26. The first-order chi connectivity index (χ1) is 15.6. The molecular weight excluding hydrogens is 406 g/mol. The Labute approximate surface area is 186 Å². The molecule has 1 saturated heterocycles. The van der Waals surface area contributed by atoms with Crippen LogP contribution in [-0.4, -0.2) is 70.3 Å². The summed E-state index contributed by atoms with van der Waals surface area (Å²) in [4.78, 5) is 32.8. The van der Waals surface area contributed by atoms with Crippen LogP contribution in [0.5, 0.6) is 5.75 Å². The van der Waals surface area contributed by atoms with Gasteiger partial charge < -0.3 is 14.6 Å². The third kappa shape index (κ3) is 4.14. The molecule has 0 bridgehead atoms. The molecule has 0 spiro atoms. The minimum atomic E-state index is -0.00472. The fraction of sp³-hybridized carbons (Fsp3) is 0.458. The summed E-state index contributed by atoms with van der Waals surface area (Å²) in [5.41, 5.74) is 3.71. The van der Waals surface area contributed by atoms with Gasteiger partial charge in [-0.15, -0.1) is 0 Å². The van der Waals surface area contributed by atoms with Crippen LogP contribution in [0.2, 0.25) is 0 Å². The predicted molar refractivity (Wildman–Crippen MR) is 122 cm³/mol. The lowest BCUT2D eigenvalue weighted by atomic mass is 9.97.